The Balaban J connectivity index is 1.43. The van der Waals surface area contributed by atoms with Gasteiger partial charge in [0, 0.05) is 22.3 Å². The first-order chi connectivity index (χ1) is 24.3. The molecule has 230 valence electrons. The molecule has 1 aliphatic rings. The summed E-state index contributed by atoms with van der Waals surface area (Å²) in [6.07, 6.45) is 0. The van der Waals surface area contributed by atoms with Crippen molar-refractivity contribution in [2.45, 2.75) is 5.41 Å². The highest BCUT2D eigenvalue weighted by molar-refractivity contribution is 5.88. The lowest BCUT2D eigenvalue weighted by Crippen LogP contribution is -2.29. The number of nitrogens with zero attached hydrogens (tertiary/aromatic N) is 2. The van der Waals surface area contributed by atoms with E-state index in [2.05, 4.69) is 194 Å². The Morgan fingerprint density at radius 3 is 0.857 bits per heavy atom. The van der Waals surface area contributed by atoms with Crippen molar-refractivity contribution < 1.29 is 0 Å². The minimum Gasteiger partial charge on any atom is -0.248 e. The monoisotopic (exact) mass is 624 g/mol. The van der Waals surface area contributed by atoms with E-state index in [0.29, 0.717) is 0 Å². The fraction of sp³-hybridized carbons (Fsp3) is 0.0213. The van der Waals surface area contributed by atoms with Crippen LogP contribution >= 0.6 is 0 Å². The molecule has 2 heterocycles. The number of hydrogen-bond acceptors (Lipinski definition) is 2. The van der Waals surface area contributed by atoms with Crippen LogP contribution in [0, 0.1) is 0 Å². The Bertz CT molecular complexity index is 2130. The van der Waals surface area contributed by atoms with Crippen molar-refractivity contribution in [3.63, 3.8) is 0 Å². The average molecular weight is 625 g/mol. The van der Waals surface area contributed by atoms with Crippen molar-refractivity contribution >= 4 is 0 Å². The van der Waals surface area contributed by atoms with E-state index in [0.717, 1.165) is 45.0 Å². The Kier molecular flexibility index (Phi) is 7.06. The molecule has 0 spiro atoms. The maximum Gasteiger partial charge on any atom is 0.0716 e. The van der Waals surface area contributed by atoms with Gasteiger partial charge in [-0.2, -0.15) is 0 Å². The zero-order valence-corrected chi connectivity index (χ0v) is 26.9. The van der Waals surface area contributed by atoms with Crippen LogP contribution in [0.1, 0.15) is 22.3 Å². The molecule has 0 N–H and O–H groups in total. The molecule has 0 saturated carbocycles. The molecule has 0 aliphatic heterocycles. The SMILES string of the molecule is c1ccc(-c2cc(C3(c4cc(-c5ccccc5)nc(-c5ccccc5)c4)c4ccccc4-c4ccccc43)cc(-c3ccccc3)n2)cc1. The van der Waals surface area contributed by atoms with Gasteiger partial charge in [-0.25, -0.2) is 9.97 Å². The van der Waals surface area contributed by atoms with Gasteiger partial charge in [0.25, 0.3) is 0 Å². The fourth-order valence-corrected chi connectivity index (χ4v) is 7.55. The first-order valence-corrected chi connectivity index (χ1v) is 16.8. The maximum atomic E-state index is 5.30. The summed E-state index contributed by atoms with van der Waals surface area (Å²) >= 11 is 0. The first kappa shape index (κ1) is 28.8. The summed E-state index contributed by atoms with van der Waals surface area (Å²) in [6, 6.07) is 69.2. The number of fused-ring (bicyclic) bond motifs is 3. The first-order valence-electron chi connectivity index (χ1n) is 16.8. The highest BCUT2D eigenvalue weighted by Crippen LogP contribution is 2.57. The van der Waals surface area contributed by atoms with Crippen molar-refractivity contribution in [2.24, 2.45) is 0 Å². The Morgan fingerprint density at radius 1 is 0.286 bits per heavy atom. The molecule has 0 saturated heterocycles. The van der Waals surface area contributed by atoms with Crippen LogP contribution in [0.25, 0.3) is 56.2 Å². The summed E-state index contributed by atoms with van der Waals surface area (Å²) in [5, 5.41) is 0. The molecule has 0 amide bonds. The van der Waals surface area contributed by atoms with Crippen molar-refractivity contribution in [3.8, 4) is 56.2 Å². The van der Waals surface area contributed by atoms with Gasteiger partial charge in [-0.1, -0.05) is 170 Å². The zero-order chi connectivity index (χ0) is 32.6. The summed E-state index contributed by atoms with van der Waals surface area (Å²) in [5.74, 6) is 0. The van der Waals surface area contributed by atoms with Crippen LogP contribution in [0.5, 0.6) is 0 Å². The van der Waals surface area contributed by atoms with Gasteiger partial charge in [-0.3, -0.25) is 0 Å². The standard InChI is InChI=1S/C47H32N2/c1-5-17-33(18-6-1)43-29-37(30-44(48-43)34-19-7-2-8-20-34)47(41-27-15-13-25-39(41)40-26-14-16-28-42(40)47)38-31-45(35-21-9-3-10-22-35)49-46(32-38)36-23-11-4-12-24-36/h1-32H. The second kappa shape index (κ2) is 12.0. The van der Waals surface area contributed by atoms with E-state index in [4.69, 9.17) is 9.97 Å². The van der Waals surface area contributed by atoms with Crippen LogP contribution in [0.3, 0.4) is 0 Å². The molecule has 2 heteroatoms. The third-order valence-electron chi connectivity index (χ3n) is 9.75. The van der Waals surface area contributed by atoms with Crippen LogP contribution in [0.2, 0.25) is 0 Å². The second-order valence-corrected chi connectivity index (χ2v) is 12.6. The summed E-state index contributed by atoms with van der Waals surface area (Å²) in [7, 11) is 0. The van der Waals surface area contributed by atoms with E-state index in [1.165, 1.54) is 33.4 Å². The fourth-order valence-electron chi connectivity index (χ4n) is 7.55. The number of aromatic nitrogens is 2. The molecule has 6 aromatic carbocycles. The quantitative estimate of drug-likeness (QED) is 0.184. The molecule has 0 unspecified atom stereocenters. The third kappa shape index (κ3) is 4.89. The Hall–Kier alpha value is -6.38. The molecule has 0 atom stereocenters. The molecule has 8 aromatic rings. The molecule has 0 bridgehead atoms. The van der Waals surface area contributed by atoms with Gasteiger partial charge in [0.15, 0.2) is 0 Å². The molecular weight excluding hydrogens is 593 g/mol. The lowest BCUT2D eigenvalue weighted by molar-refractivity contribution is 0.766. The van der Waals surface area contributed by atoms with Crippen LogP contribution in [-0.2, 0) is 5.41 Å². The predicted octanol–water partition coefficient (Wildman–Crippen LogP) is 11.5. The summed E-state index contributed by atoms with van der Waals surface area (Å²) < 4.78 is 0. The van der Waals surface area contributed by atoms with Crippen LogP contribution in [0.15, 0.2) is 194 Å². The lowest BCUT2D eigenvalue weighted by atomic mass is 9.67. The van der Waals surface area contributed by atoms with Gasteiger partial charge < -0.3 is 0 Å². The Labute approximate surface area is 287 Å². The van der Waals surface area contributed by atoms with E-state index in [-0.39, 0.29) is 0 Å². The van der Waals surface area contributed by atoms with E-state index in [1.807, 2.05) is 0 Å². The molecule has 0 radical (unpaired) electrons. The molecule has 0 fully saturated rings. The van der Waals surface area contributed by atoms with Crippen molar-refractivity contribution in [2.75, 3.05) is 0 Å². The van der Waals surface area contributed by atoms with Gasteiger partial charge in [-0.15, -0.1) is 0 Å². The smallest absolute Gasteiger partial charge is 0.0716 e. The minimum absolute atomic E-state index is 0.654. The summed E-state index contributed by atoms with van der Waals surface area (Å²) in [5.41, 5.74) is 14.8. The maximum absolute atomic E-state index is 5.30. The van der Waals surface area contributed by atoms with E-state index in [1.54, 1.807) is 0 Å². The molecule has 1 aliphatic carbocycles. The molecule has 9 rings (SSSR count). The van der Waals surface area contributed by atoms with Gasteiger partial charge >= 0.3 is 0 Å². The lowest BCUT2D eigenvalue weighted by Gasteiger charge is -2.35. The minimum atomic E-state index is -0.654. The van der Waals surface area contributed by atoms with Crippen molar-refractivity contribution in [3.05, 3.63) is 216 Å². The second-order valence-electron chi connectivity index (χ2n) is 12.6. The number of hydrogen-bond donors (Lipinski definition) is 0. The summed E-state index contributed by atoms with van der Waals surface area (Å²) in [6.45, 7) is 0. The van der Waals surface area contributed by atoms with E-state index in [9.17, 15) is 0 Å². The van der Waals surface area contributed by atoms with Crippen LogP contribution in [0.4, 0.5) is 0 Å². The van der Waals surface area contributed by atoms with E-state index >= 15 is 0 Å². The molecular formula is C47H32N2. The van der Waals surface area contributed by atoms with Crippen LogP contribution < -0.4 is 0 Å². The average Bonchev–Trinajstić information content (AvgIpc) is 3.50. The van der Waals surface area contributed by atoms with Gasteiger partial charge in [0.1, 0.15) is 0 Å². The summed E-state index contributed by atoms with van der Waals surface area (Å²) in [4.78, 5) is 10.6. The molecule has 49 heavy (non-hydrogen) atoms. The largest absolute Gasteiger partial charge is 0.248 e. The molecule has 2 aromatic heterocycles. The molecule has 2 nitrogen and oxygen atoms in total. The predicted molar refractivity (Wildman–Crippen MR) is 201 cm³/mol. The van der Waals surface area contributed by atoms with Crippen molar-refractivity contribution in [1.82, 2.24) is 9.97 Å². The number of rotatable bonds is 6. The van der Waals surface area contributed by atoms with Gasteiger partial charge in [-0.05, 0) is 57.6 Å². The van der Waals surface area contributed by atoms with Gasteiger partial charge in [0.05, 0.1) is 28.2 Å². The number of pyridine rings is 2. The highest BCUT2D eigenvalue weighted by Gasteiger charge is 2.47. The topological polar surface area (TPSA) is 25.8 Å². The third-order valence-corrected chi connectivity index (χ3v) is 9.75. The van der Waals surface area contributed by atoms with Gasteiger partial charge in [0.2, 0.25) is 0 Å². The van der Waals surface area contributed by atoms with Crippen LogP contribution in [-0.4, -0.2) is 9.97 Å². The van der Waals surface area contributed by atoms with Crippen molar-refractivity contribution in [1.29, 1.82) is 0 Å². The zero-order valence-electron chi connectivity index (χ0n) is 26.9. The highest BCUT2D eigenvalue weighted by atomic mass is 14.7. The Morgan fingerprint density at radius 2 is 0.551 bits per heavy atom. The number of benzene rings is 6. The van der Waals surface area contributed by atoms with E-state index < -0.39 is 5.41 Å². The normalized spacial score (nSPS) is 12.7.